The summed E-state index contributed by atoms with van der Waals surface area (Å²) < 4.78 is 26.4. The molecule has 1 aromatic carbocycles. The first-order chi connectivity index (χ1) is 9.81. The molecule has 2 atom stereocenters. The number of benzene rings is 1. The molecule has 1 aromatic rings. The molecule has 114 valence electrons. The van der Waals surface area contributed by atoms with Gasteiger partial charge in [0.1, 0.15) is 5.56 Å². The topological polar surface area (TPSA) is 83.7 Å². The predicted octanol–water partition coefficient (Wildman–Crippen LogP) is 1.72. The molecule has 21 heavy (non-hydrogen) atoms. The highest BCUT2D eigenvalue weighted by molar-refractivity contribution is 5.98. The third-order valence-electron chi connectivity index (χ3n) is 3.61. The van der Waals surface area contributed by atoms with E-state index in [1.165, 1.54) is 4.90 Å². The number of nitrogens with zero attached hydrogens (tertiary/aromatic N) is 2. The second-order valence-corrected chi connectivity index (χ2v) is 5.13. The highest BCUT2D eigenvalue weighted by Crippen LogP contribution is 2.26. The Morgan fingerprint density at radius 3 is 2.62 bits per heavy atom. The van der Waals surface area contributed by atoms with Gasteiger partial charge in [-0.25, -0.2) is 8.78 Å². The fourth-order valence-electron chi connectivity index (χ4n) is 2.35. The Kier molecular flexibility index (Phi) is 4.17. The Labute approximate surface area is 119 Å². The van der Waals surface area contributed by atoms with Crippen molar-refractivity contribution in [3.05, 3.63) is 39.4 Å². The number of rotatable bonds is 2. The summed E-state index contributed by atoms with van der Waals surface area (Å²) in [5.41, 5.74) is -1.25. The molecule has 1 amide bonds. The van der Waals surface area contributed by atoms with Gasteiger partial charge in [-0.2, -0.15) is 0 Å². The zero-order valence-corrected chi connectivity index (χ0v) is 11.3. The van der Waals surface area contributed by atoms with E-state index in [-0.39, 0.29) is 19.0 Å². The molecule has 1 aliphatic rings. The van der Waals surface area contributed by atoms with Crippen molar-refractivity contribution >= 4 is 11.6 Å². The second kappa shape index (κ2) is 5.72. The van der Waals surface area contributed by atoms with Crippen molar-refractivity contribution in [1.29, 1.82) is 0 Å². The first-order valence-electron chi connectivity index (χ1n) is 6.42. The third kappa shape index (κ3) is 2.99. The molecule has 2 unspecified atom stereocenters. The summed E-state index contributed by atoms with van der Waals surface area (Å²) in [6.45, 7) is 2.15. The summed E-state index contributed by atoms with van der Waals surface area (Å²) in [6, 6.07) is 0.955. The van der Waals surface area contributed by atoms with E-state index < -0.39 is 39.8 Å². The van der Waals surface area contributed by atoms with Crippen molar-refractivity contribution in [3.8, 4) is 0 Å². The highest BCUT2D eigenvalue weighted by Gasteiger charge is 2.32. The van der Waals surface area contributed by atoms with Crippen LogP contribution in [0, 0.1) is 27.7 Å². The third-order valence-corrected chi connectivity index (χ3v) is 3.61. The number of nitro groups is 1. The number of hydrogen-bond donors (Lipinski definition) is 1. The average molecular weight is 300 g/mol. The van der Waals surface area contributed by atoms with E-state index in [1.807, 2.05) is 0 Å². The van der Waals surface area contributed by atoms with Gasteiger partial charge in [-0.3, -0.25) is 14.9 Å². The van der Waals surface area contributed by atoms with Gasteiger partial charge in [0.15, 0.2) is 11.6 Å². The van der Waals surface area contributed by atoms with Crippen LogP contribution in [0.25, 0.3) is 0 Å². The van der Waals surface area contributed by atoms with Gasteiger partial charge in [-0.05, 0) is 18.4 Å². The minimum absolute atomic E-state index is 0.188. The largest absolute Gasteiger partial charge is 0.393 e. The molecular weight excluding hydrogens is 286 g/mol. The predicted molar refractivity (Wildman–Crippen MR) is 68.7 cm³/mol. The Morgan fingerprint density at radius 1 is 1.43 bits per heavy atom. The maximum Gasteiger partial charge on any atom is 0.285 e. The molecule has 0 spiro atoms. The highest BCUT2D eigenvalue weighted by atomic mass is 19.2. The summed E-state index contributed by atoms with van der Waals surface area (Å²) in [5.74, 6) is -3.61. The van der Waals surface area contributed by atoms with Crippen LogP contribution >= 0.6 is 0 Å². The molecule has 1 heterocycles. The van der Waals surface area contributed by atoms with Crippen LogP contribution < -0.4 is 0 Å². The van der Waals surface area contributed by atoms with Gasteiger partial charge in [-0.15, -0.1) is 0 Å². The van der Waals surface area contributed by atoms with Crippen LogP contribution in [0.4, 0.5) is 14.5 Å². The van der Waals surface area contributed by atoms with Gasteiger partial charge in [-0.1, -0.05) is 6.92 Å². The molecule has 0 bridgehead atoms. The molecule has 8 heteroatoms. The van der Waals surface area contributed by atoms with Crippen LogP contribution in [0.5, 0.6) is 0 Å². The van der Waals surface area contributed by atoms with Gasteiger partial charge < -0.3 is 10.0 Å². The van der Waals surface area contributed by atoms with Gasteiger partial charge in [0.2, 0.25) is 0 Å². The summed E-state index contributed by atoms with van der Waals surface area (Å²) in [5, 5.41) is 20.5. The quantitative estimate of drug-likeness (QED) is 0.666. The Bertz CT molecular complexity index is 594. The van der Waals surface area contributed by atoms with Crippen molar-refractivity contribution in [2.45, 2.75) is 19.4 Å². The molecule has 0 radical (unpaired) electrons. The Balaban J connectivity index is 2.35. The maximum atomic E-state index is 13.3. The number of nitro benzene ring substituents is 1. The summed E-state index contributed by atoms with van der Waals surface area (Å²) in [4.78, 5) is 23.6. The molecule has 0 aliphatic carbocycles. The number of piperidine rings is 1. The first-order valence-corrected chi connectivity index (χ1v) is 6.42. The van der Waals surface area contributed by atoms with Crippen molar-refractivity contribution in [3.63, 3.8) is 0 Å². The summed E-state index contributed by atoms with van der Waals surface area (Å²) in [7, 11) is 0. The van der Waals surface area contributed by atoms with Gasteiger partial charge in [0.05, 0.1) is 17.1 Å². The number of aliphatic hydroxyl groups excluding tert-OH is 1. The van der Waals surface area contributed by atoms with Crippen LogP contribution in [0.2, 0.25) is 0 Å². The van der Waals surface area contributed by atoms with Crippen molar-refractivity contribution in [1.82, 2.24) is 4.90 Å². The van der Waals surface area contributed by atoms with E-state index in [0.29, 0.717) is 18.6 Å². The molecule has 1 N–H and O–H groups in total. The maximum absolute atomic E-state index is 13.3. The van der Waals surface area contributed by atoms with Gasteiger partial charge >= 0.3 is 0 Å². The van der Waals surface area contributed by atoms with Crippen molar-refractivity contribution in [2.24, 2.45) is 5.92 Å². The van der Waals surface area contributed by atoms with Crippen LogP contribution in [-0.4, -0.2) is 40.0 Å². The number of carbonyl (C=O) groups excluding carboxylic acids is 1. The monoisotopic (exact) mass is 300 g/mol. The lowest BCUT2D eigenvalue weighted by molar-refractivity contribution is -0.385. The second-order valence-electron chi connectivity index (χ2n) is 5.13. The number of hydrogen-bond acceptors (Lipinski definition) is 4. The van der Waals surface area contributed by atoms with E-state index in [2.05, 4.69) is 0 Å². The molecule has 1 saturated heterocycles. The van der Waals surface area contributed by atoms with E-state index >= 15 is 0 Å². The lowest BCUT2D eigenvalue weighted by atomic mass is 9.96. The minimum atomic E-state index is -1.37. The van der Waals surface area contributed by atoms with Crippen LogP contribution in [0.15, 0.2) is 12.1 Å². The molecule has 0 saturated carbocycles. The van der Waals surface area contributed by atoms with Crippen molar-refractivity contribution < 1.29 is 23.6 Å². The lowest BCUT2D eigenvalue weighted by Crippen LogP contribution is -2.45. The fourth-order valence-corrected chi connectivity index (χ4v) is 2.35. The molecule has 1 aliphatic heterocycles. The lowest BCUT2D eigenvalue weighted by Gasteiger charge is -2.34. The number of likely N-dealkylation sites (tertiary alicyclic amines) is 1. The van der Waals surface area contributed by atoms with Crippen LogP contribution in [0.3, 0.4) is 0 Å². The number of halogens is 2. The van der Waals surface area contributed by atoms with Crippen molar-refractivity contribution in [2.75, 3.05) is 13.1 Å². The minimum Gasteiger partial charge on any atom is -0.393 e. The van der Waals surface area contributed by atoms with Crippen LogP contribution in [-0.2, 0) is 0 Å². The van der Waals surface area contributed by atoms with E-state index in [1.54, 1.807) is 6.92 Å². The van der Waals surface area contributed by atoms with Gasteiger partial charge in [0.25, 0.3) is 11.6 Å². The fraction of sp³-hybridized carbons (Fsp3) is 0.462. The zero-order chi connectivity index (χ0) is 15.7. The first kappa shape index (κ1) is 15.3. The Morgan fingerprint density at radius 2 is 2.05 bits per heavy atom. The van der Waals surface area contributed by atoms with E-state index in [4.69, 9.17) is 0 Å². The van der Waals surface area contributed by atoms with Crippen LogP contribution in [0.1, 0.15) is 23.7 Å². The molecule has 0 aromatic heterocycles. The number of amides is 1. The van der Waals surface area contributed by atoms with E-state index in [9.17, 15) is 28.8 Å². The molecule has 6 nitrogen and oxygen atoms in total. The Hall–Kier alpha value is -2.09. The molecular formula is C13H14F2N2O4. The molecule has 2 rings (SSSR count). The number of aliphatic hydroxyl groups is 1. The smallest absolute Gasteiger partial charge is 0.285 e. The average Bonchev–Trinajstić information content (AvgIpc) is 2.43. The molecule has 1 fully saturated rings. The summed E-state index contributed by atoms with van der Waals surface area (Å²) in [6.07, 6.45) is -0.210. The SMILES string of the molecule is CC1CN(C(=O)c2cc(F)c(F)cc2[N+](=O)[O-])CCC1O. The number of carbonyl (C=O) groups is 1. The normalized spacial score (nSPS) is 22.2. The van der Waals surface area contributed by atoms with E-state index in [0.717, 1.165) is 0 Å². The standard InChI is InChI=1S/C13H14F2N2O4/c1-7-6-16(3-2-12(7)18)13(19)8-4-9(14)10(15)5-11(8)17(20)21/h4-5,7,12,18H,2-3,6H2,1H3. The van der Waals surface area contributed by atoms with Gasteiger partial charge in [0, 0.05) is 13.1 Å². The summed E-state index contributed by atoms with van der Waals surface area (Å²) >= 11 is 0. The zero-order valence-electron chi connectivity index (χ0n) is 11.3.